The second-order valence-corrected chi connectivity index (χ2v) is 6.35. The van der Waals surface area contributed by atoms with E-state index in [1.165, 1.54) is 0 Å². The molecule has 0 spiro atoms. The third-order valence-electron chi connectivity index (χ3n) is 4.80. The summed E-state index contributed by atoms with van der Waals surface area (Å²) in [6, 6.07) is 17.9. The highest BCUT2D eigenvalue weighted by Gasteiger charge is 2.17. The lowest BCUT2D eigenvalue weighted by Gasteiger charge is -2.23. The maximum atomic E-state index is 11.0. The van der Waals surface area contributed by atoms with Crippen LogP contribution in [0, 0.1) is 0 Å². The van der Waals surface area contributed by atoms with Gasteiger partial charge in [-0.25, -0.2) is 4.98 Å². The Hall–Kier alpha value is -2.43. The van der Waals surface area contributed by atoms with Crippen LogP contribution < -0.4 is 4.74 Å². The van der Waals surface area contributed by atoms with Crippen molar-refractivity contribution in [3.05, 3.63) is 60.2 Å². The molecule has 1 heterocycles. The number of pyridine rings is 1. The van der Waals surface area contributed by atoms with E-state index >= 15 is 0 Å². The highest BCUT2D eigenvalue weighted by atomic mass is 16.5. The van der Waals surface area contributed by atoms with Crippen molar-refractivity contribution >= 4 is 10.9 Å². The van der Waals surface area contributed by atoms with Crippen molar-refractivity contribution in [2.45, 2.75) is 20.0 Å². The van der Waals surface area contributed by atoms with Gasteiger partial charge in [0.1, 0.15) is 5.75 Å². The van der Waals surface area contributed by atoms with E-state index in [2.05, 4.69) is 18.7 Å². The first-order chi connectivity index (χ1) is 12.7. The molecule has 0 aliphatic carbocycles. The predicted octanol–water partition coefficient (Wildman–Crippen LogP) is 4.29. The Morgan fingerprint density at radius 3 is 2.42 bits per heavy atom. The number of methoxy groups -OCH3 is 1. The van der Waals surface area contributed by atoms with Crippen LogP contribution in [0.1, 0.15) is 25.5 Å². The van der Waals surface area contributed by atoms with E-state index in [1.54, 1.807) is 7.11 Å². The molecule has 1 atom stereocenters. The quantitative estimate of drug-likeness (QED) is 0.691. The van der Waals surface area contributed by atoms with E-state index in [9.17, 15) is 5.11 Å². The van der Waals surface area contributed by atoms with Crippen LogP contribution in [0.2, 0.25) is 0 Å². The Labute approximate surface area is 155 Å². The number of nitrogens with zero attached hydrogens (tertiary/aromatic N) is 2. The van der Waals surface area contributed by atoms with E-state index in [0.717, 1.165) is 46.6 Å². The number of aliphatic hydroxyl groups excluding tert-OH is 1. The molecule has 4 nitrogen and oxygen atoms in total. The number of rotatable bonds is 7. The van der Waals surface area contributed by atoms with Crippen molar-refractivity contribution in [2.75, 3.05) is 26.7 Å². The van der Waals surface area contributed by atoms with Crippen LogP contribution in [0.4, 0.5) is 0 Å². The summed E-state index contributed by atoms with van der Waals surface area (Å²) >= 11 is 0. The molecule has 0 aliphatic rings. The largest absolute Gasteiger partial charge is 0.497 e. The Bertz CT molecular complexity index is 861. The lowest BCUT2D eigenvalue weighted by atomic mass is 9.99. The minimum atomic E-state index is -0.588. The molecule has 0 unspecified atom stereocenters. The topological polar surface area (TPSA) is 45.6 Å². The van der Waals surface area contributed by atoms with Gasteiger partial charge in [-0.1, -0.05) is 44.2 Å². The SMILES string of the molecule is CCN(CC)C[C@H](O)c1cc(-c2ccccc2)nc2ccc(OC)cc12. The van der Waals surface area contributed by atoms with Crippen molar-refractivity contribution in [3.63, 3.8) is 0 Å². The predicted molar refractivity (Wildman–Crippen MR) is 106 cm³/mol. The standard InChI is InChI=1S/C22H26N2O2/c1-4-24(5-2)15-22(25)19-14-21(16-9-7-6-8-10-16)23-20-12-11-17(26-3)13-18(19)20/h6-14,22,25H,4-5,15H2,1-3H3/t22-/m0/s1. The molecule has 3 aromatic rings. The fourth-order valence-corrected chi connectivity index (χ4v) is 3.22. The van der Waals surface area contributed by atoms with Crippen LogP contribution >= 0.6 is 0 Å². The van der Waals surface area contributed by atoms with Gasteiger partial charge in [-0.2, -0.15) is 0 Å². The van der Waals surface area contributed by atoms with Crippen molar-refractivity contribution in [1.29, 1.82) is 0 Å². The molecular weight excluding hydrogens is 324 g/mol. The minimum absolute atomic E-state index is 0.588. The summed E-state index contributed by atoms with van der Waals surface area (Å²) in [6.07, 6.45) is -0.588. The summed E-state index contributed by atoms with van der Waals surface area (Å²) in [6.45, 7) is 6.63. The average Bonchev–Trinajstić information content (AvgIpc) is 2.71. The summed E-state index contributed by atoms with van der Waals surface area (Å²) in [4.78, 5) is 7.02. The highest BCUT2D eigenvalue weighted by molar-refractivity contribution is 5.86. The van der Waals surface area contributed by atoms with E-state index < -0.39 is 6.10 Å². The number of hydrogen-bond acceptors (Lipinski definition) is 4. The van der Waals surface area contributed by atoms with Crippen molar-refractivity contribution in [2.24, 2.45) is 0 Å². The van der Waals surface area contributed by atoms with Gasteiger partial charge < -0.3 is 14.7 Å². The number of aromatic nitrogens is 1. The monoisotopic (exact) mass is 350 g/mol. The molecule has 0 amide bonds. The fraction of sp³-hybridized carbons (Fsp3) is 0.318. The van der Waals surface area contributed by atoms with E-state index in [4.69, 9.17) is 9.72 Å². The van der Waals surface area contributed by atoms with Gasteiger partial charge in [-0.15, -0.1) is 0 Å². The van der Waals surface area contributed by atoms with E-state index in [-0.39, 0.29) is 0 Å². The van der Waals surface area contributed by atoms with Crippen LogP contribution in [-0.4, -0.2) is 41.7 Å². The maximum Gasteiger partial charge on any atom is 0.119 e. The lowest BCUT2D eigenvalue weighted by molar-refractivity contribution is 0.120. The Kier molecular flexibility index (Phi) is 5.86. The summed E-state index contributed by atoms with van der Waals surface area (Å²) in [5.74, 6) is 0.767. The van der Waals surface area contributed by atoms with Gasteiger partial charge in [0, 0.05) is 17.5 Å². The molecule has 0 saturated heterocycles. The zero-order valence-corrected chi connectivity index (χ0v) is 15.6. The number of ether oxygens (including phenoxy) is 1. The first-order valence-electron chi connectivity index (χ1n) is 9.10. The van der Waals surface area contributed by atoms with Crippen LogP contribution in [-0.2, 0) is 0 Å². The molecule has 0 radical (unpaired) electrons. The molecule has 4 heteroatoms. The van der Waals surface area contributed by atoms with Gasteiger partial charge in [0.25, 0.3) is 0 Å². The number of aliphatic hydroxyl groups is 1. The third kappa shape index (κ3) is 3.87. The second kappa shape index (κ2) is 8.30. The molecule has 0 bridgehead atoms. The van der Waals surface area contributed by atoms with E-state index in [0.29, 0.717) is 6.54 Å². The molecule has 0 saturated carbocycles. The zero-order chi connectivity index (χ0) is 18.5. The molecule has 2 aromatic carbocycles. The highest BCUT2D eigenvalue weighted by Crippen LogP contribution is 2.31. The van der Waals surface area contributed by atoms with Crippen LogP contribution in [0.25, 0.3) is 22.2 Å². The molecule has 26 heavy (non-hydrogen) atoms. The first kappa shape index (κ1) is 18.4. The second-order valence-electron chi connectivity index (χ2n) is 6.35. The van der Waals surface area contributed by atoms with Gasteiger partial charge >= 0.3 is 0 Å². The summed E-state index contributed by atoms with van der Waals surface area (Å²) in [5.41, 5.74) is 3.67. The Morgan fingerprint density at radius 1 is 1.04 bits per heavy atom. The smallest absolute Gasteiger partial charge is 0.119 e. The van der Waals surface area contributed by atoms with Crippen LogP contribution in [0.15, 0.2) is 54.6 Å². The molecular formula is C22H26N2O2. The fourth-order valence-electron chi connectivity index (χ4n) is 3.22. The van der Waals surface area contributed by atoms with Gasteiger partial charge in [0.2, 0.25) is 0 Å². The Balaban J connectivity index is 2.13. The Morgan fingerprint density at radius 2 is 1.77 bits per heavy atom. The molecule has 136 valence electrons. The van der Waals surface area contributed by atoms with Crippen molar-refractivity contribution in [1.82, 2.24) is 9.88 Å². The number of fused-ring (bicyclic) bond motifs is 1. The number of likely N-dealkylation sites (N-methyl/N-ethyl adjacent to an activating group) is 1. The zero-order valence-electron chi connectivity index (χ0n) is 15.6. The molecule has 1 aromatic heterocycles. The van der Waals surface area contributed by atoms with Crippen LogP contribution in [0.3, 0.4) is 0 Å². The number of benzene rings is 2. The van der Waals surface area contributed by atoms with Crippen LogP contribution in [0.5, 0.6) is 5.75 Å². The third-order valence-corrected chi connectivity index (χ3v) is 4.80. The lowest BCUT2D eigenvalue weighted by Crippen LogP contribution is -2.28. The van der Waals surface area contributed by atoms with Gasteiger partial charge in [-0.3, -0.25) is 0 Å². The minimum Gasteiger partial charge on any atom is -0.497 e. The van der Waals surface area contributed by atoms with Gasteiger partial charge in [0.15, 0.2) is 0 Å². The summed E-state index contributed by atoms with van der Waals surface area (Å²) < 4.78 is 5.38. The van der Waals surface area contributed by atoms with E-state index in [1.807, 2.05) is 54.6 Å². The molecule has 1 N–H and O–H groups in total. The first-order valence-corrected chi connectivity index (χ1v) is 9.10. The molecule has 3 rings (SSSR count). The van der Waals surface area contributed by atoms with Crippen molar-refractivity contribution in [3.8, 4) is 17.0 Å². The molecule has 0 fully saturated rings. The van der Waals surface area contributed by atoms with Gasteiger partial charge in [0.05, 0.1) is 24.4 Å². The normalized spacial score (nSPS) is 12.5. The maximum absolute atomic E-state index is 11.0. The molecule has 0 aliphatic heterocycles. The van der Waals surface area contributed by atoms with Gasteiger partial charge in [-0.05, 0) is 42.9 Å². The average molecular weight is 350 g/mol. The number of hydrogen-bond donors (Lipinski definition) is 1. The summed E-state index contributed by atoms with van der Waals surface area (Å²) in [5, 5.41) is 11.9. The summed E-state index contributed by atoms with van der Waals surface area (Å²) in [7, 11) is 1.65. The van der Waals surface area contributed by atoms with Crippen molar-refractivity contribution < 1.29 is 9.84 Å².